The Labute approximate surface area is 108 Å². The summed E-state index contributed by atoms with van der Waals surface area (Å²) in [7, 11) is 1.84. The van der Waals surface area contributed by atoms with Crippen LogP contribution in [0.25, 0.3) is 0 Å². The van der Waals surface area contributed by atoms with Crippen LogP contribution in [0.1, 0.15) is 25.3 Å². The second kappa shape index (κ2) is 5.29. The molecule has 0 heterocycles. The van der Waals surface area contributed by atoms with Crippen molar-refractivity contribution in [2.75, 3.05) is 19.3 Å². The minimum absolute atomic E-state index is 0.113. The molecule has 1 fully saturated rings. The number of anilines is 1. The highest BCUT2D eigenvalue weighted by Crippen LogP contribution is 2.29. The van der Waals surface area contributed by atoms with Gasteiger partial charge in [-0.3, -0.25) is 0 Å². The third kappa shape index (κ3) is 2.94. The summed E-state index contributed by atoms with van der Waals surface area (Å²) < 4.78 is 0. The molecule has 0 bridgehead atoms. The maximum atomic E-state index is 12.3. The van der Waals surface area contributed by atoms with E-state index in [0.29, 0.717) is 12.6 Å². The number of hydrogen-bond acceptors (Lipinski definition) is 2. The fourth-order valence-electron chi connectivity index (χ4n) is 1.98. The number of amides is 2. The number of nitrogen functional groups attached to an aromatic ring is 1. The van der Waals surface area contributed by atoms with E-state index in [1.54, 1.807) is 4.90 Å². The van der Waals surface area contributed by atoms with Crippen molar-refractivity contribution in [3.05, 3.63) is 29.8 Å². The van der Waals surface area contributed by atoms with Crippen molar-refractivity contribution >= 4 is 11.7 Å². The molecule has 0 aromatic heterocycles. The summed E-state index contributed by atoms with van der Waals surface area (Å²) >= 11 is 0. The minimum atomic E-state index is 0.113. The van der Waals surface area contributed by atoms with Gasteiger partial charge in [0.2, 0.25) is 0 Å². The Balaban J connectivity index is 2.09. The second-order valence-corrected chi connectivity index (χ2v) is 4.90. The highest BCUT2D eigenvalue weighted by Gasteiger charge is 2.33. The molecular weight excluding hydrogens is 226 g/mol. The molecule has 2 N–H and O–H groups in total. The molecule has 0 saturated heterocycles. The zero-order chi connectivity index (χ0) is 13.1. The molecule has 18 heavy (non-hydrogen) atoms. The molecule has 1 aromatic rings. The van der Waals surface area contributed by atoms with Crippen molar-refractivity contribution in [1.82, 2.24) is 9.80 Å². The molecule has 1 saturated carbocycles. The summed E-state index contributed by atoms with van der Waals surface area (Å²) in [6.45, 7) is 3.38. The van der Waals surface area contributed by atoms with Crippen LogP contribution in [0.15, 0.2) is 24.3 Å². The molecule has 98 valence electrons. The van der Waals surface area contributed by atoms with E-state index in [9.17, 15) is 4.79 Å². The molecule has 2 amide bonds. The first-order valence-corrected chi connectivity index (χ1v) is 6.48. The molecule has 0 radical (unpaired) electrons. The number of benzene rings is 1. The van der Waals surface area contributed by atoms with E-state index < -0.39 is 0 Å². The lowest BCUT2D eigenvalue weighted by Crippen LogP contribution is -2.41. The fourth-order valence-corrected chi connectivity index (χ4v) is 1.98. The largest absolute Gasteiger partial charge is 0.399 e. The summed E-state index contributed by atoms with van der Waals surface area (Å²) in [6, 6.07) is 8.28. The lowest BCUT2D eigenvalue weighted by Gasteiger charge is -2.27. The molecule has 4 nitrogen and oxygen atoms in total. The molecule has 2 rings (SSSR count). The Morgan fingerprint density at radius 1 is 1.44 bits per heavy atom. The molecule has 4 heteroatoms. The molecule has 0 unspecified atom stereocenters. The van der Waals surface area contributed by atoms with Gasteiger partial charge < -0.3 is 15.5 Å². The van der Waals surface area contributed by atoms with Crippen LogP contribution in [-0.4, -0.2) is 35.5 Å². The molecule has 0 aliphatic heterocycles. The van der Waals surface area contributed by atoms with E-state index in [1.807, 2.05) is 43.1 Å². The molecule has 1 aliphatic carbocycles. The van der Waals surface area contributed by atoms with Gasteiger partial charge in [0, 0.05) is 31.9 Å². The Hall–Kier alpha value is -1.71. The standard InChI is InChI=1S/C14H21N3O/c1-3-16(2)14(18)17(13-7-8-13)10-11-5-4-6-12(15)9-11/h4-6,9,13H,3,7-8,10,15H2,1-2H3. The van der Waals surface area contributed by atoms with Crippen LogP contribution in [0.2, 0.25) is 0 Å². The zero-order valence-electron chi connectivity index (χ0n) is 11.1. The van der Waals surface area contributed by atoms with Crippen LogP contribution in [-0.2, 0) is 6.54 Å². The molecule has 1 aromatic carbocycles. The predicted molar refractivity (Wildman–Crippen MR) is 73.1 cm³/mol. The second-order valence-electron chi connectivity index (χ2n) is 4.90. The van der Waals surface area contributed by atoms with Crippen LogP contribution < -0.4 is 5.73 Å². The van der Waals surface area contributed by atoms with Crippen LogP contribution in [0.4, 0.5) is 10.5 Å². The van der Waals surface area contributed by atoms with Crippen molar-refractivity contribution in [1.29, 1.82) is 0 Å². The number of urea groups is 1. The summed E-state index contributed by atoms with van der Waals surface area (Å²) in [5, 5.41) is 0. The predicted octanol–water partition coefficient (Wildman–Crippen LogP) is 2.30. The van der Waals surface area contributed by atoms with E-state index in [1.165, 1.54) is 0 Å². The summed E-state index contributed by atoms with van der Waals surface area (Å²) in [5.74, 6) is 0. The first kappa shape index (κ1) is 12.7. The van der Waals surface area contributed by atoms with Gasteiger partial charge >= 0.3 is 6.03 Å². The fraction of sp³-hybridized carbons (Fsp3) is 0.500. The average molecular weight is 247 g/mol. The third-order valence-electron chi connectivity index (χ3n) is 3.34. The van der Waals surface area contributed by atoms with Crippen molar-refractivity contribution in [3.8, 4) is 0 Å². The summed E-state index contributed by atoms with van der Waals surface area (Å²) in [5.41, 5.74) is 7.62. The van der Waals surface area contributed by atoms with E-state index in [0.717, 1.165) is 30.6 Å². The first-order chi connectivity index (χ1) is 8.61. The topological polar surface area (TPSA) is 49.6 Å². The maximum Gasteiger partial charge on any atom is 0.320 e. The summed E-state index contributed by atoms with van der Waals surface area (Å²) in [6.07, 6.45) is 2.23. The molecule has 1 aliphatic rings. The van der Waals surface area contributed by atoms with Gasteiger partial charge in [0.1, 0.15) is 0 Å². The van der Waals surface area contributed by atoms with Crippen LogP contribution in [0.3, 0.4) is 0 Å². The van der Waals surface area contributed by atoms with Gasteiger partial charge in [-0.2, -0.15) is 0 Å². The highest BCUT2D eigenvalue weighted by molar-refractivity contribution is 5.75. The van der Waals surface area contributed by atoms with Crippen molar-refractivity contribution in [3.63, 3.8) is 0 Å². The van der Waals surface area contributed by atoms with Crippen LogP contribution in [0, 0.1) is 0 Å². The van der Waals surface area contributed by atoms with Crippen LogP contribution in [0.5, 0.6) is 0 Å². The Bertz CT molecular complexity index is 429. The Morgan fingerprint density at radius 2 is 2.17 bits per heavy atom. The number of rotatable bonds is 4. The van der Waals surface area contributed by atoms with Gasteiger partial charge in [0.25, 0.3) is 0 Å². The van der Waals surface area contributed by atoms with Gasteiger partial charge in [-0.05, 0) is 37.5 Å². The van der Waals surface area contributed by atoms with E-state index >= 15 is 0 Å². The number of carbonyl (C=O) groups excluding carboxylic acids is 1. The molecular formula is C14H21N3O. The molecule has 0 atom stereocenters. The number of carbonyl (C=O) groups is 1. The number of nitrogens with two attached hydrogens (primary N) is 1. The quantitative estimate of drug-likeness (QED) is 0.830. The van der Waals surface area contributed by atoms with E-state index in [-0.39, 0.29) is 6.03 Å². The van der Waals surface area contributed by atoms with Crippen molar-refractivity contribution < 1.29 is 4.79 Å². The van der Waals surface area contributed by atoms with E-state index in [4.69, 9.17) is 5.73 Å². The normalized spacial score (nSPS) is 14.3. The lowest BCUT2D eigenvalue weighted by molar-refractivity contribution is 0.159. The van der Waals surface area contributed by atoms with Crippen molar-refractivity contribution in [2.24, 2.45) is 0 Å². The van der Waals surface area contributed by atoms with Crippen LogP contribution >= 0.6 is 0 Å². The minimum Gasteiger partial charge on any atom is -0.399 e. The lowest BCUT2D eigenvalue weighted by atomic mass is 10.2. The number of nitrogens with zero attached hydrogens (tertiary/aromatic N) is 2. The van der Waals surface area contributed by atoms with E-state index in [2.05, 4.69) is 0 Å². The maximum absolute atomic E-state index is 12.3. The average Bonchev–Trinajstić information content (AvgIpc) is 3.18. The Kier molecular flexibility index (Phi) is 3.75. The zero-order valence-corrected chi connectivity index (χ0v) is 11.1. The van der Waals surface area contributed by atoms with Crippen molar-refractivity contribution in [2.45, 2.75) is 32.4 Å². The smallest absolute Gasteiger partial charge is 0.320 e. The third-order valence-corrected chi connectivity index (χ3v) is 3.34. The van der Waals surface area contributed by atoms with Gasteiger partial charge in [-0.25, -0.2) is 4.79 Å². The van der Waals surface area contributed by atoms with Gasteiger partial charge in [0.15, 0.2) is 0 Å². The molecule has 0 spiro atoms. The van der Waals surface area contributed by atoms with Gasteiger partial charge in [-0.15, -0.1) is 0 Å². The highest BCUT2D eigenvalue weighted by atomic mass is 16.2. The SMILES string of the molecule is CCN(C)C(=O)N(Cc1cccc(N)c1)C1CC1. The van der Waals surface area contributed by atoms with Gasteiger partial charge in [0.05, 0.1) is 0 Å². The monoisotopic (exact) mass is 247 g/mol. The Morgan fingerprint density at radius 3 is 2.72 bits per heavy atom. The number of hydrogen-bond donors (Lipinski definition) is 1. The first-order valence-electron chi connectivity index (χ1n) is 6.48. The summed E-state index contributed by atoms with van der Waals surface area (Å²) in [4.78, 5) is 16.0. The van der Waals surface area contributed by atoms with Gasteiger partial charge in [-0.1, -0.05) is 12.1 Å².